The maximum atomic E-state index is 5.93. The Kier molecular flexibility index (Phi) is 3.75. The molecule has 0 bridgehead atoms. The largest absolute Gasteiger partial charge is 0.457 e. The molecule has 21 heavy (non-hydrogen) atoms. The van der Waals surface area contributed by atoms with Crippen molar-refractivity contribution in [2.75, 3.05) is 13.1 Å². The Hall–Kier alpha value is -2.53. The highest BCUT2D eigenvalue weighted by Gasteiger charge is 2.17. The number of aliphatic imine (C=N–C) groups is 1. The number of nitrogens with two attached hydrogens (primary N) is 2. The molecule has 4 N–H and O–H groups in total. The van der Waals surface area contributed by atoms with Crippen LogP contribution in [-0.4, -0.2) is 23.9 Å². The van der Waals surface area contributed by atoms with Gasteiger partial charge in [0, 0.05) is 25.2 Å². The number of para-hydroxylation sites is 1. The molecule has 3 rings (SSSR count). The molecule has 0 radical (unpaired) electrons. The van der Waals surface area contributed by atoms with E-state index in [1.54, 1.807) is 0 Å². The lowest BCUT2D eigenvalue weighted by atomic mass is 10.1. The fourth-order valence-electron chi connectivity index (χ4n) is 2.32. The van der Waals surface area contributed by atoms with Crippen molar-refractivity contribution in [1.82, 2.24) is 4.90 Å². The second kappa shape index (κ2) is 5.85. The Morgan fingerprint density at radius 1 is 1.10 bits per heavy atom. The summed E-state index contributed by atoms with van der Waals surface area (Å²) in [7, 11) is 0. The first-order chi connectivity index (χ1) is 10.3. The number of benzene rings is 2. The molecule has 0 spiro atoms. The molecule has 0 aromatic heterocycles. The van der Waals surface area contributed by atoms with Gasteiger partial charge in [-0.2, -0.15) is 0 Å². The van der Waals surface area contributed by atoms with E-state index in [1.165, 1.54) is 0 Å². The van der Waals surface area contributed by atoms with Gasteiger partial charge in [0.25, 0.3) is 0 Å². The van der Waals surface area contributed by atoms with Crippen LogP contribution in [0.5, 0.6) is 11.5 Å². The molecule has 0 fully saturated rings. The van der Waals surface area contributed by atoms with Gasteiger partial charge in [-0.3, -0.25) is 0 Å². The minimum Gasteiger partial charge on any atom is -0.457 e. The first-order valence-corrected chi connectivity index (χ1v) is 6.91. The minimum atomic E-state index is 0.518. The van der Waals surface area contributed by atoms with Crippen LogP contribution in [0, 0.1) is 0 Å². The molecule has 5 heteroatoms. The summed E-state index contributed by atoms with van der Waals surface area (Å²) >= 11 is 0. The number of guanidine groups is 1. The van der Waals surface area contributed by atoms with Crippen molar-refractivity contribution in [3.63, 3.8) is 0 Å². The third kappa shape index (κ3) is 2.98. The summed E-state index contributed by atoms with van der Waals surface area (Å²) < 4.78 is 5.84. The molecule has 5 nitrogen and oxygen atoms in total. The van der Waals surface area contributed by atoms with Gasteiger partial charge in [0.2, 0.25) is 0 Å². The highest BCUT2D eigenvalue weighted by Crippen LogP contribution is 2.31. The third-order valence-electron chi connectivity index (χ3n) is 3.35. The number of hydrogen-bond acceptors (Lipinski definition) is 5. The molecule has 0 atom stereocenters. The predicted molar refractivity (Wildman–Crippen MR) is 83.7 cm³/mol. The zero-order valence-corrected chi connectivity index (χ0v) is 11.7. The lowest BCUT2D eigenvalue weighted by molar-refractivity contribution is 0.410. The van der Waals surface area contributed by atoms with Gasteiger partial charge in [-0.25, -0.2) is 4.99 Å². The van der Waals surface area contributed by atoms with Crippen LogP contribution in [0.25, 0.3) is 0 Å². The van der Waals surface area contributed by atoms with Gasteiger partial charge in [-0.1, -0.05) is 18.2 Å². The van der Waals surface area contributed by atoms with Crippen LogP contribution in [0.4, 0.5) is 5.69 Å². The van der Waals surface area contributed by atoms with E-state index in [1.807, 2.05) is 53.4 Å². The van der Waals surface area contributed by atoms with E-state index >= 15 is 0 Å². The number of fused-ring (bicyclic) bond motifs is 1. The molecule has 0 saturated heterocycles. The van der Waals surface area contributed by atoms with Crippen LogP contribution in [0.1, 0.15) is 5.56 Å². The highest BCUT2D eigenvalue weighted by molar-refractivity contribution is 5.83. The van der Waals surface area contributed by atoms with Crippen molar-refractivity contribution in [2.24, 2.45) is 16.5 Å². The zero-order valence-electron chi connectivity index (χ0n) is 11.7. The summed E-state index contributed by atoms with van der Waals surface area (Å²) in [5.74, 6) is 2.13. The van der Waals surface area contributed by atoms with E-state index in [9.17, 15) is 0 Å². The van der Waals surface area contributed by atoms with Crippen molar-refractivity contribution >= 4 is 11.6 Å². The van der Waals surface area contributed by atoms with Crippen LogP contribution in [-0.2, 0) is 6.54 Å². The molecule has 0 unspecified atom stereocenters. The van der Waals surface area contributed by atoms with E-state index in [0.29, 0.717) is 25.6 Å². The summed E-state index contributed by atoms with van der Waals surface area (Å²) in [5.41, 5.74) is 13.5. The molecular formula is C16H18N4O. The third-order valence-corrected chi connectivity index (χ3v) is 3.35. The molecule has 1 heterocycles. The quantitative estimate of drug-likeness (QED) is 0.901. The molecule has 2 aromatic rings. The molecule has 0 amide bonds. The number of nitrogens with zero attached hydrogens (tertiary/aromatic N) is 2. The van der Waals surface area contributed by atoms with Gasteiger partial charge in [0.05, 0.1) is 5.69 Å². The second-order valence-electron chi connectivity index (χ2n) is 4.89. The molecule has 2 aromatic carbocycles. The van der Waals surface area contributed by atoms with E-state index < -0.39 is 0 Å². The second-order valence-corrected chi connectivity index (χ2v) is 4.89. The normalized spacial score (nSPS) is 13.6. The summed E-state index contributed by atoms with van der Waals surface area (Å²) in [5, 5.41) is 0. The predicted octanol–water partition coefficient (Wildman–Crippen LogP) is 2.20. The van der Waals surface area contributed by atoms with Crippen LogP contribution >= 0.6 is 0 Å². The SMILES string of the molecule is NCCN1Cc2cc(Oc3ccccc3)ccc2N=C1N. The number of ether oxygens (including phenoxy) is 1. The van der Waals surface area contributed by atoms with E-state index in [-0.39, 0.29) is 0 Å². The molecule has 1 aliphatic heterocycles. The van der Waals surface area contributed by atoms with Crippen LogP contribution in [0.3, 0.4) is 0 Å². The maximum absolute atomic E-state index is 5.93. The van der Waals surface area contributed by atoms with Gasteiger partial charge in [0.1, 0.15) is 11.5 Å². The van der Waals surface area contributed by atoms with Crippen molar-refractivity contribution in [3.05, 3.63) is 54.1 Å². The number of rotatable bonds is 4. The zero-order chi connectivity index (χ0) is 14.7. The fraction of sp³-hybridized carbons (Fsp3) is 0.188. The van der Waals surface area contributed by atoms with E-state index in [4.69, 9.17) is 16.2 Å². The molecule has 0 aliphatic carbocycles. The Morgan fingerprint density at radius 2 is 1.90 bits per heavy atom. The minimum absolute atomic E-state index is 0.518. The first-order valence-electron chi connectivity index (χ1n) is 6.91. The van der Waals surface area contributed by atoms with Crippen LogP contribution in [0.15, 0.2) is 53.5 Å². The molecular weight excluding hydrogens is 264 g/mol. The fourth-order valence-corrected chi connectivity index (χ4v) is 2.32. The van der Waals surface area contributed by atoms with Gasteiger partial charge >= 0.3 is 0 Å². The average Bonchev–Trinajstić information content (AvgIpc) is 2.50. The summed E-state index contributed by atoms with van der Waals surface area (Å²) in [4.78, 5) is 6.37. The number of hydrogen-bond donors (Lipinski definition) is 2. The summed E-state index contributed by atoms with van der Waals surface area (Å²) in [6, 6.07) is 15.5. The van der Waals surface area contributed by atoms with Crippen LogP contribution < -0.4 is 16.2 Å². The summed E-state index contributed by atoms with van der Waals surface area (Å²) in [6.07, 6.45) is 0. The Balaban J connectivity index is 1.84. The summed E-state index contributed by atoms with van der Waals surface area (Å²) in [6.45, 7) is 1.94. The molecule has 1 aliphatic rings. The highest BCUT2D eigenvalue weighted by atomic mass is 16.5. The van der Waals surface area contributed by atoms with Gasteiger partial charge in [-0.05, 0) is 30.3 Å². The monoisotopic (exact) mass is 282 g/mol. The van der Waals surface area contributed by atoms with Crippen molar-refractivity contribution in [2.45, 2.75) is 6.54 Å². The lowest BCUT2D eigenvalue weighted by Gasteiger charge is -2.27. The average molecular weight is 282 g/mol. The maximum Gasteiger partial charge on any atom is 0.196 e. The Bertz CT molecular complexity index is 655. The molecule has 108 valence electrons. The smallest absolute Gasteiger partial charge is 0.196 e. The Morgan fingerprint density at radius 3 is 2.67 bits per heavy atom. The lowest BCUT2D eigenvalue weighted by Crippen LogP contribution is -2.41. The topological polar surface area (TPSA) is 76.9 Å². The van der Waals surface area contributed by atoms with E-state index in [2.05, 4.69) is 4.99 Å². The van der Waals surface area contributed by atoms with Crippen molar-refractivity contribution < 1.29 is 4.74 Å². The van der Waals surface area contributed by atoms with Crippen LogP contribution in [0.2, 0.25) is 0 Å². The van der Waals surface area contributed by atoms with Gasteiger partial charge in [-0.15, -0.1) is 0 Å². The Labute approximate surface area is 123 Å². The standard InChI is InChI=1S/C16H18N4O/c17-8-9-20-11-12-10-14(6-7-15(12)19-16(20)18)21-13-4-2-1-3-5-13/h1-7,10H,8-9,11,17H2,(H2,18,19). The van der Waals surface area contributed by atoms with Gasteiger partial charge < -0.3 is 21.1 Å². The van der Waals surface area contributed by atoms with Gasteiger partial charge in [0.15, 0.2) is 5.96 Å². The molecule has 0 saturated carbocycles. The van der Waals surface area contributed by atoms with Crippen molar-refractivity contribution in [1.29, 1.82) is 0 Å². The van der Waals surface area contributed by atoms with E-state index in [0.717, 1.165) is 22.7 Å². The van der Waals surface area contributed by atoms with Crippen molar-refractivity contribution in [3.8, 4) is 11.5 Å². The first kappa shape index (κ1) is 13.5.